The summed E-state index contributed by atoms with van der Waals surface area (Å²) in [7, 11) is -0.727. The molecule has 8 heteroatoms. The molecule has 2 N–H and O–H groups in total. The van der Waals surface area contributed by atoms with Crippen LogP contribution in [0.2, 0.25) is 0 Å². The molecule has 2 aromatic carbocycles. The Labute approximate surface area is 159 Å². The number of ether oxygens (including phenoxy) is 2. The molecule has 0 aromatic heterocycles. The van der Waals surface area contributed by atoms with Gasteiger partial charge in [-0.05, 0) is 56.3 Å². The highest BCUT2D eigenvalue weighted by molar-refractivity contribution is 7.89. The van der Waals surface area contributed by atoms with E-state index in [4.69, 9.17) is 9.47 Å². The van der Waals surface area contributed by atoms with E-state index in [-0.39, 0.29) is 29.5 Å². The molecule has 27 heavy (non-hydrogen) atoms. The zero-order valence-electron chi connectivity index (χ0n) is 15.8. The fourth-order valence-corrected chi connectivity index (χ4v) is 3.54. The predicted molar refractivity (Wildman–Crippen MR) is 103 cm³/mol. The van der Waals surface area contributed by atoms with Gasteiger partial charge in [-0.1, -0.05) is 6.07 Å². The van der Waals surface area contributed by atoms with Gasteiger partial charge in [0.1, 0.15) is 18.1 Å². The van der Waals surface area contributed by atoms with Crippen LogP contribution in [-0.4, -0.2) is 41.6 Å². The van der Waals surface area contributed by atoms with E-state index in [1.165, 1.54) is 13.1 Å². The van der Waals surface area contributed by atoms with Crippen LogP contribution in [0.5, 0.6) is 11.5 Å². The van der Waals surface area contributed by atoms with Crippen LogP contribution in [0, 0.1) is 13.8 Å². The van der Waals surface area contributed by atoms with Gasteiger partial charge in [-0.3, -0.25) is 4.79 Å². The van der Waals surface area contributed by atoms with Gasteiger partial charge in [0.15, 0.2) is 0 Å². The van der Waals surface area contributed by atoms with Crippen molar-refractivity contribution in [2.24, 2.45) is 0 Å². The number of carbonyl (C=O) groups excluding carboxylic acids is 1. The first kappa shape index (κ1) is 20.7. The second kappa shape index (κ2) is 8.88. The smallest absolute Gasteiger partial charge is 0.251 e. The minimum atomic E-state index is -3.64. The van der Waals surface area contributed by atoms with Gasteiger partial charge in [-0.25, -0.2) is 13.1 Å². The van der Waals surface area contributed by atoms with Crippen LogP contribution in [-0.2, 0) is 10.0 Å². The molecular formula is C19H24N2O5S. The first-order valence-corrected chi connectivity index (χ1v) is 9.86. The van der Waals surface area contributed by atoms with Gasteiger partial charge in [0.2, 0.25) is 10.0 Å². The molecule has 1 amide bonds. The lowest BCUT2D eigenvalue weighted by Crippen LogP contribution is -2.29. The summed E-state index contributed by atoms with van der Waals surface area (Å²) < 4.78 is 37.3. The average molecular weight is 392 g/mol. The maximum Gasteiger partial charge on any atom is 0.251 e. The SMILES string of the molecule is CNS(=O)(=O)c1cc(C(=O)NCCOc2cccc(OC)c2)cc(C)c1C. The van der Waals surface area contributed by atoms with Gasteiger partial charge in [0.25, 0.3) is 5.91 Å². The van der Waals surface area contributed by atoms with Crippen LogP contribution in [0.4, 0.5) is 0 Å². The predicted octanol–water partition coefficient (Wildman–Crippen LogP) is 2.03. The van der Waals surface area contributed by atoms with Gasteiger partial charge in [0, 0.05) is 11.6 Å². The van der Waals surface area contributed by atoms with Crippen LogP contribution < -0.4 is 19.5 Å². The van der Waals surface area contributed by atoms with E-state index >= 15 is 0 Å². The average Bonchev–Trinajstić information content (AvgIpc) is 2.67. The summed E-state index contributed by atoms with van der Waals surface area (Å²) in [6.45, 7) is 4.03. The Morgan fingerprint density at radius 1 is 1.11 bits per heavy atom. The number of hydrogen-bond donors (Lipinski definition) is 2. The number of sulfonamides is 1. The molecule has 0 aliphatic carbocycles. The van der Waals surface area contributed by atoms with E-state index in [1.807, 2.05) is 12.1 Å². The fraction of sp³-hybridized carbons (Fsp3) is 0.316. The van der Waals surface area contributed by atoms with Crippen molar-refractivity contribution in [2.75, 3.05) is 27.3 Å². The summed E-state index contributed by atoms with van der Waals surface area (Å²) in [5.74, 6) is 0.960. The summed E-state index contributed by atoms with van der Waals surface area (Å²) in [6, 6.07) is 10.2. The van der Waals surface area contributed by atoms with Gasteiger partial charge in [-0.2, -0.15) is 0 Å². The molecule has 2 rings (SSSR count). The van der Waals surface area contributed by atoms with Crippen LogP contribution in [0.1, 0.15) is 21.5 Å². The number of benzene rings is 2. The first-order chi connectivity index (χ1) is 12.8. The van der Waals surface area contributed by atoms with Crippen LogP contribution in [0.15, 0.2) is 41.3 Å². The van der Waals surface area contributed by atoms with E-state index in [0.29, 0.717) is 17.1 Å². The molecule has 0 fully saturated rings. The van der Waals surface area contributed by atoms with Gasteiger partial charge >= 0.3 is 0 Å². The van der Waals surface area contributed by atoms with Crippen LogP contribution in [0.3, 0.4) is 0 Å². The highest BCUT2D eigenvalue weighted by atomic mass is 32.2. The van der Waals surface area contributed by atoms with Gasteiger partial charge in [-0.15, -0.1) is 0 Å². The standard InChI is InChI=1S/C19H24N2O5S/c1-13-10-15(11-18(14(13)2)27(23,24)20-3)19(22)21-8-9-26-17-7-5-6-16(12-17)25-4/h5-7,10-12,20H,8-9H2,1-4H3,(H,21,22). The number of nitrogens with one attached hydrogen (secondary N) is 2. The summed E-state index contributed by atoms with van der Waals surface area (Å²) in [5.41, 5.74) is 1.62. The largest absolute Gasteiger partial charge is 0.497 e. The second-order valence-corrected chi connectivity index (χ2v) is 7.76. The van der Waals surface area contributed by atoms with E-state index in [0.717, 1.165) is 5.56 Å². The number of methoxy groups -OCH3 is 1. The Morgan fingerprint density at radius 3 is 2.48 bits per heavy atom. The van der Waals surface area contributed by atoms with E-state index in [9.17, 15) is 13.2 Å². The third kappa shape index (κ3) is 5.21. The molecule has 0 saturated carbocycles. The number of rotatable bonds is 8. The normalized spacial score (nSPS) is 11.1. The van der Waals surface area contributed by atoms with Crippen molar-refractivity contribution in [3.8, 4) is 11.5 Å². The Bertz CT molecular complexity index is 926. The highest BCUT2D eigenvalue weighted by Crippen LogP contribution is 2.21. The Balaban J connectivity index is 2.01. The van der Waals surface area contributed by atoms with Crippen molar-refractivity contribution in [3.63, 3.8) is 0 Å². The highest BCUT2D eigenvalue weighted by Gasteiger charge is 2.19. The van der Waals surface area contributed by atoms with Gasteiger partial charge < -0.3 is 14.8 Å². The molecule has 0 bridgehead atoms. The van der Waals surface area contributed by atoms with E-state index < -0.39 is 10.0 Å². The van der Waals surface area contributed by atoms with E-state index in [2.05, 4.69) is 10.0 Å². The number of hydrogen-bond acceptors (Lipinski definition) is 5. The topological polar surface area (TPSA) is 93.7 Å². The number of carbonyl (C=O) groups is 1. The Kier molecular flexibility index (Phi) is 6.81. The van der Waals surface area contributed by atoms with Crippen molar-refractivity contribution in [1.82, 2.24) is 10.0 Å². The molecule has 0 atom stereocenters. The third-order valence-electron chi connectivity index (χ3n) is 4.14. The molecule has 0 saturated heterocycles. The second-order valence-electron chi connectivity index (χ2n) is 5.91. The quantitative estimate of drug-likeness (QED) is 0.671. The third-order valence-corrected chi connectivity index (χ3v) is 5.68. The van der Waals surface area contributed by atoms with E-state index in [1.54, 1.807) is 39.2 Å². The lowest BCUT2D eigenvalue weighted by molar-refractivity contribution is 0.0946. The summed E-state index contributed by atoms with van der Waals surface area (Å²) in [4.78, 5) is 12.5. The number of amides is 1. The Hall–Kier alpha value is -2.58. The van der Waals surface area contributed by atoms with Gasteiger partial charge in [0.05, 0.1) is 18.6 Å². The Morgan fingerprint density at radius 2 is 1.81 bits per heavy atom. The molecule has 7 nitrogen and oxygen atoms in total. The monoisotopic (exact) mass is 392 g/mol. The lowest BCUT2D eigenvalue weighted by atomic mass is 10.1. The maximum atomic E-state index is 12.4. The minimum absolute atomic E-state index is 0.0998. The fourth-order valence-electron chi connectivity index (χ4n) is 2.47. The maximum absolute atomic E-state index is 12.4. The molecule has 0 radical (unpaired) electrons. The molecule has 0 unspecified atom stereocenters. The molecule has 146 valence electrons. The van der Waals surface area contributed by atoms with Crippen LogP contribution >= 0.6 is 0 Å². The van der Waals surface area contributed by atoms with Crippen LogP contribution in [0.25, 0.3) is 0 Å². The summed E-state index contributed by atoms with van der Waals surface area (Å²) >= 11 is 0. The van der Waals surface area contributed by atoms with Crippen molar-refractivity contribution < 1.29 is 22.7 Å². The van der Waals surface area contributed by atoms with Crippen molar-refractivity contribution in [1.29, 1.82) is 0 Å². The molecule has 0 spiro atoms. The first-order valence-electron chi connectivity index (χ1n) is 8.38. The van der Waals surface area contributed by atoms with Crippen molar-refractivity contribution in [3.05, 3.63) is 53.1 Å². The molecular weight excluding hydrogens is 368 g/mol. The number of aryl methyl sites for hydroxylation is 1. The zero-order valence-corrected chi connectivity index (χ0v) is 16.6. The molecule has 2 aromatic rings. The zero-order chi connectivity index (χ0) is 20.0. The lowest BCUT2D eigenvalue weighted by Gasteiger charge is -2.13. The summed E-state index contributed by atoms with van der Waals surface area (Å²) in [5, 5.41) is 2.73. The molecule has 0 aliphatic heterocycles. The van der Waals surface area contributed by atoms with Crippen molar-refractivity contribution >= 4 is 15.9 Å². The molecule has 0 heterocycles. The minimum Gasteiger partial charge on any atom is -0.497 e. The van der Waals surface area contributed by atoms with Crippen molar-refractivity contribution in [2.45, 2.75) is 18.7 Å². The summed E-state index contributed by atoms with van der Waals surface area (Å²) in [6.07, 6.45) is 0. The molecule has 0 aliphatic rings.